The molecule has 0 atom stereocenters. The van der Waals surface area contributed by atoms with Crippen LogP contribution in [0, 0.1) is 11.3 Å². The summed E-state index contributed by atoms with van der Waals surface area (Å²) in [6.07, 6.45) is 5.50. The SMILES string of the molecule is CC(C)(C)c1ccc(NC(=O)OC2=CC3(CCC(C(C)(C)C)CC3)ON2)cc1. The average molecular weight is 387 g/mol. The predicted molar refractivity (Wildman–Crippen MR) is 112 cm³/mol. The normalized spacial score (nSPS) is 25.2. The Kier molecular flexibility index (Phi) is 5.50. The third kappa shape index (κ3) is 4.88. The van der Waals surface area contributed by atoms with Gasteiger partial charge in [0.05, 0.1) is 0 Å². The number of nitrogens with one attached hydrogen (secondary N) is 2. The molecule has 1 fully saturated rings. The summed E-state index contributed by atoms with van der Waals surface area (Å²) in [5.41, 5.74) is 4.76. The Bertz CT molecular complexity index is 731. The van der Waals surface area contributed by atoms with Crippen molar-refractivity contribution in [2.45, 2.75) is 78.2 Å². The van der Waals surface area contributed by atoms with Crippen LogP contribution in [0.3, 0.4) is 0 Å². The molecule has 5 nitrogen and oxygen atoms in total. The lowest BCUT2D eigenvalue weighted by Crippen LogP contribution is -2.37. The molecule has 2 aliphatic rings. The lowest BCUT2D eigenvalue weighted by atomic mass is 9.68. The van der Waals surface area contributed by atoms with Crippen molar-refractivity contribution in [2.75, 3.05) is 5.32 Å². The third-order valence-corrected chi connectivity index (χ3v) is 6.01. The fourth-order valence-corrected chi connectivity index (χ4v) is 4.02. The van der Waals surface area contributed by atoms with Crippen LogP contribution in [-0.4, -0.2) is 11.7 Å². The van der Waals surface area contributed by atoms with Crippen LogP contribution < -0.4 is 10.8 Å². The molecule has 1 heterocycles. The summed E-state index contributed by atoms with van der Waals surface area (Å²) in [7, 11) is 0. The van der Waals surface area contributed by atoms with Gasteiger partial charge in [0.25, 0.3) is 0 Å². The van der Waals surface area contributed by atoms with Crippen molar-refractivity contribution in [1.29, 1.82) is 0 Å². The van der Waals surface area contributed by atoms with Gasteiger partial charge >= 0.3 is 6.09 Å². The molecular weight excluding hydrogens is 352 g/mol. The van der Waals surface area contributed by atoms with Crippen molar-refractivity contribution in [3.63, 3.8) is 0 Å². The molecule has 2 N–H and O–H groups in total. The van der Waals surface area contributed by atoms with Gasteiger partial charge < -0.3 is 4.74 Å². The molecular formula is C23H34N2O3. The fraction of sp³-hybridized carbons (Fsp3) is 0.609. The minimum absolute atomic E-state index is 0.0786. The number of benzene rings is 1. The predicted octanol–water partition coefficient (Wildman–Crippen LogP) is 5.88. The third-order valence-electron chi connectivity index (χ3n) is 6.01. The average Bonchev–Trinajstić information content (AvgIpc) is 2.96. The van der Waals surface area contributed by atoms with Gasteiger partial charge in [-0.1, -0.05) is 53.7 Å². The Balaban J connectivity index is 1.55. The summed E-state index contributed by atoms with van der Waals surface area (Å²) in [5, 5.41) is 2.77. The van der Waals surface area contributed by atoms with Gasteiger partial charge in [-0.2, -0.15) is 0 Å². The van der Waals surface area contributed by atoms with Crippen LogP contribution in [0.15, 0.2) is 36.2 Å². The summed E-state index contributed by atoms with van der Waals surface area (Å²) in [6, 6.07) is 7.83. The lowest BCUT2D eigenvalue weighted by molar-refractivity contribution is -0.0822. The molecule has 0 saturated heterocycles. The first kappa shape index (κ1) is 20.7. The van der Waals surface area contributed by atoms with E-state index in [4.69, 9.17) is 9.57 Å². The minimum atomic E-state index is -0.522. The number of hydroxylamine groups is 1. The van der Waals surface area contributed by atoms with E-state index < -0.39 is 6.09 Å². The molecule has 1 aliphatic heterocycles. The Hall–Kier alpha value is -2.01. The Labute approximate surface area is 168 Å². The number of hydrogen-bond acceptors (Lipinski definition) is 4. The van der Waals surface area contributed by atoms with E-state index in [-0.39, 0.29) is 11.0 Å². The largest absolute Gasteiger partial charge is 0.418 e. The van der Waals surface area contributed by atoms with Gasteiger partial charge in [0.15, 0.2) is 0 Å². The zero-order valence-corrected chi connectivity index (χ0v) is 18.0. The molecule has 0 aromatic heterocycles. The number of hydrogen-bond donors (Lipinski definition) is 2. The molecule has 1 aromatic carbocycles. The Morgan fingerprint density at radius 1 is 1.11 bits per heavy atom. The molecule has 0 bridgehead atoms. The van der Waals surface area contributed by atoms with Crippen LogP contribution in [0.4, 0.5) is 10.5 Å². The summed E-state index contributed by atoms with van der Waals surface area (Å²) >= 11 is 0. The number of rotatable bonds is 2. The number of amides is 1. The molecule has 5 heteroatoms. The van der Waals surface area contributed by atoms with E-state index in [1.807, 2.05) is 30.3 Å². The van der Waals surface area contributed by atoms with Crippen LogP contribution in [0.2, 0.25) is 0 Å². The van der Waals surface area contributed by atoms with Gasteiger partial charge in [-0.05, 0) is 60.1 Å². The summed E-state index contributed by atoms with van der Waals surface area (Å²) in [6.45, 7) is 13.4. The van der Waals surface area contributed by atoms with Crippen LogP contribution in [-0.2, 0) is 15.0 Å². The highest BCUT2D eigenvalue weighted by molar-refractivity contribution is 5.85. The maximum Gasteiger partial charge on any atom is 0.418 e. The van der Waals surface area contributed by atoms with E-state index >= 15 is 0 Å². The number of carbonyl (C=O) groups excluding carboxylic acids is 1. The highest BCUT2D eigenvalue weighted by Crippen LogP contribution is 2.44. The zero-order chi connectivity index (χ0) is 20.6. The van der Waals surface area contributed by atoms with Crippen molar-refractivity contribution in [2.24, 2.45) is 11.3 Å². The van der Waals surface area contributed by atoms with Crippen molar-refractivity contribution in [3.05, 3.63) is 41.8 Å². The van der Waals surface area contributed by atoms with Crippen LogP contribution >= 0.6 is 0 Å². The molecule has 1 saturated carbocycles. The monoisotopic (exact) mass is 386 g/mol. The highest BCUT2D eigenvalue weighted by Gasteiger charge is 2.42. The van der Waals surface area contributed by atoms with Gasteiger partial charge in [0, 0.05) is 11.8 Å². The van der Waals surface area contributed by atoms with Crippen molar-refractivity contribution in [3.8, 4) is 0 Å². The Morgan fingerprint density at radius 2 is 1.71 bits per heavy atom. The summed E-state index contributed by atoms with van der Waals surface area (Å²) in [4.78, 5) is 18.0. The van der Waals surface area contributed by atoms with E-state index in [1.165, 1.54) is 5.56 Å². The van der Waals surface area contributed by atoms with Gasteiger partial charge in [-0.15, -0.1) is 0 Å². The summed E-state index contributed by atoms with van der Waals surface area (Å²) < 4.78 is 5.41. The lowest BCUT2D eigenvalue weighted by Gasteiger charge is -2.40. The Morgan fingerprint density at radius 3 is 2.25 bits per heavy atom. The standard InChI is InChI=1S/C23H34N2O3/c1-21(2,3)16-7-9-18(10-8-16)24-20(26)27-19-15-23(28-25-19)13-11-17(12-14-23)22(4,5)6/h7-10,15,17,25H,11-14H2,1-6H3,(H,24,26). The highest BCUT2D eigenvalue weighted by atomic mass is 16.7. The fourth-order valence-electron chi connectivity index (χ4n) is 4.02. The molecule has 1 aromatic rings. The molecule has 3 rings (SSSR count). The first-order chi connectivity index (χ1) is 13.0. The molecule has 28 heavy (non-hydrogen) atoms. The number of carbonyl (C=O) groups is 1. The van der Waals surface area contributed by atoms with Crippen molar-refractivity contribution < 1.29 is 14.4 Å². The quantitative estimate of drug-likeness (QED) is 0.666. The van der Waals surface area contributed by atoms with E-state index in [0.29, 0.717) is 22.9 Å². The van der Waals surface area contributed by atoms with Crippen molar-refractivity contribution >= 4 is 11.8 Å². The van der Waals surface area contributed by atoms with Crippen LogP contribution in [0.5, 0.6) is 0 Å². The molecule has 0 radical (unpaired) electrons. The number of ether oxygens (including phenoxy) is 1. The second-order valence-electron chi connectivity index (χ2n) is 10.3. The van der Waals surface area contributed by atoms with Gasteiger partial charge in [-0.3, -0.25) is 10.2 Å². The van der Waals surface area contributed by atoms with Gasteiger partial charge in [-0.25, -0.2) is 10.3 Å². The maximum absolute atomic E-state index is 12.2. The molecule has 1 amide bonds. The van der Waals surface area contributed by atoms with Crippen LogP contribution in [0.25, 0.3) is 0 Å². The zero-order valence-electron chi connectivity index (χ0n) is 18.0. The van der Waals surface area contributed by atoms with E-state index in [2.05, 4.69) is 52.3 Å². The first-order valence-electron chi connectivity index (χ1n) is 10.2. The second-order valence-corrected chi connectivity index (χ2v) is 10.3. The maximum atomic E-state index is 12.2. The van der Waals surface area contributed by atoms with Crippen molar-refractivity contribution in [1.82, 2.24) is 5.48 Å². The first-order valence-corrected chi connectivity index (χ1v) is 10.2. The topological polar surface area (TPSA) is 59.6 Å². The van der Waals surface area contributed by atoms with Crippen LogP contribution in [0.1, 0.15) is 72.8 Å². The molecule has 1 spiro atoms. The molecule has 1 aliphatic carbocycles. The van der Waals surface area contributed by atoms with Gasteiger partial charge in [0.2, 0.25) is 5.88 Å². The minimum Gasteiger partial charge on any atom is -0.391 e. The molecule has 0 unspecified atom stereocenters. The molecule has 154 valence electrons. The van der Waals surface area contributed by atoms with Gasteiger partial charge in [0.1, 0.15) is 5.60 Å². The van der Waals surface area contributed by atoms with E-state index in [0.717, 1.165) is 25.7 Å². The second kappa shape index (κ2) is 7.43. The van der Waals surface area contributed by atoms with E-state index in [1.54, 1.807) is 0 Å². The van der Waals surface area contributed by atoms with E-state index in [9.17, 15) is 4.79 Å². The summed E-state index contributed by atoms with van der Waals surface area (Å²) in [5.74, 6) is 1.07. The number of anilines is 1. The smallest absolute Gasteiger partial charge is 0.391 e.